The molecule has 0 aliphatic heterocycles. The number of hydrogen-bond acceptors (Lipinski definition) is 3. The highest BCUT2D eigenvalue weighted by Gasteiger charge is 2.30. The van der Waals surface area contributed by atoms with Crippen molar-refractivity contribution in [3.63, 3.8) is 0 Å². The lowest BCUT2D eigenvalue weighted by Crippen LogP contribution is -2.39. The van der Waals surface area contributed by atoms with Crippen LogP contribution in [0.2, 0.25) is 0 Å². The Bertz CT molecular complexity index is 1510. The van der Waals surface area contributed by atoms with E-state index in [-0.39, 0.29) is 29.5 Å². The fourth-order valence-electron chi connectivity index (χ4n) is 4.83. The highest BCUT2D eigenvalue weighted by atomic mass is 19.1. The number of amides is 2. The summed E-state index contributed by atoms with van der Waals surface area (Å²) in [4.78, 5) is 26.2. The molecule has 5 rings (SSSR count). The minimum atomic E-state index is -0.674. The van der Waals surface area contributed by atoms with Crippen LogP contribution in [-0.2, 0) is 11.2 Å². The number of fused-ring (bicyclic) bond motifs is 2. The van der Waals surface area contributed by atoms with Crippen LogP contribution in [0.1, 0.15) is 51.0 Å². The summed E-state index contributed by atoms with van der Waals surface area (Å²) >= 11 is 0. The van der Waals surface area contributed by atoms with E-state index in [9.17, 15) is 14.0 Å². The van der Waals surface area contributed by atoms with Crippen molar-refractivity contribution >= 4 is 22.6 Å². The number of hydrogen-bond donors (Lipinski definition) is 2. The van der Waals surface area contributed by atoms with E-state index in [1.54, 1.807) is 6.07 Å². The van der Waals surface area contributed by atoms with Crippen LogP contribution in [0.4, 0.5) is 4.39 Å². The lowest BCUT2D eigenvalue weighted by atomic mass is 9.98. The Hall–Kier alpha value is -4.50. The quantitative estimate of drug-likeness (QED) is 0.402. The van der Waals surface area contributed by atoms with Crippen molar-refractivity contribution in [1.82, 2.24) is 10.6 Å². The number of carbonyl (C=O) groups is 2. The molecule has 0 spiro atoms. The van der Waals surface area contributed by atoms with E-state index in [4.69, 9.17) is 5.26 Å². The molecule has 2 atom stereocenters. The lowest BCUT2D eigenvalue weighted by molar-refractivity contribution is -0.123. The Kier molecular flexibility index (Phi) is 6.46. The van der Waals surface area contributed by atoms with E-state index < -0.39 is 17.8 Å². The summed E-state index contributed by atoms with van der Waals surface area (Å²) in [5.41, 5.74) is 3.10. The van der Waals surface area contributed by atoms with Gasteiger partial charge in [-0.1, -0.05) is 60.7 Å². The molecule has 0 heterocycles. The van der Waals surface area contributed by atoms with Crippen LogP contribution in [0.25, 0.3) is 10.8 Å². The van der Waals surface area contributed by atoms with Gasteiger partial charge in [-0.3, -0.25) is 9.59 Å². The number of rotatable bonds is 6. The van der Waals surface area contributed by atoms with Crippen LogP contribution in [-0.4, -0.2) is 18.4 Å². The molecule has 2 N–H and O–H groups in total. The van der Waals surface area contributed by atoms with E-state index in [0.29, 0.717) is 0 Å². The van der Waals surface area contributed by atoms with Crippen molar-refractivity contribution in [1.29, 1.82) is 5.26 Å². The number of halogens is 1. The molecule has 0 fully saturated rings. The predicted octanol–water partition coefficient (Wildman–Crippen LogP) is 5.17. The van der Waals surface area contributed by atoms with Gasteiger partial charge < -0.3 is 10.6 Å². The highest BCUT2D eigenvalue weighted by molar-refractivity contribution is 5.94. The minimum absolute atomic E-state index is 0.0825. The maximum atomic E-state index is 13.7. The van der Waals surface area contributed by atoms with Crippen molar-refractivity contribution in [3.05, 3.63) is 119 Å². The molecular formula is C30H24FN3O2. The number of nitrogens with one attached hydrogen (secondary N) is 2. The zero-order valence-electron chi connectivity index (χ0n) is 19.5. The normalized spacial score (nSPS) is 15.1. The zero-order valence-corrected chi connectivity index (χ0v) is 19.5. The van der Waals surface area contributed by atoms with E-state index >= 15 is 0 Å². The van der Waals surface area contributed by atoms with Gasteiger partial charge in [0.15, 0.2) is 0 Å². The topological polar surface area (TPSA) is 82.0 Å². The Morgan fingerprint density at radius 1 is 0.972 bits per heavy atom. The SMILES string of the molecule is N#Cc1cc(C(=O)NCC(NC(=O)[C@@H]2CCc3ccccc32)c2ccc3ccccc3c2)ccc1F. The number of nitriles is 1. The molecular weight excluding hydrogens is 453 g/mol. The number of carbonyl (C=O) groups excluding carboxylic acids is 2. The van der Waals surface area contributed by atoms with Crippen LogP contribution in [0.3, 0.4) is 0 Å². The highest BCUT2D eigenvalue weighted by Crippen LogP contribution is 2.33. The third-order valence-electron chi connectivity index (χ3n) is 6.76. The van der Waals surface area contributed by atoms with Crippen molar-refractivity contribution < 1.29 is 14.0 Å². The maximum Gasteiger partial charge on any atom is 0.251 e. The second kappa shape index (κ2) is 10.0. The smallest absolute Gasteiger partial charge is 0.251 e. The van der Waals surface area contributed by atoms with Gasteiger partial charge >= 0.3 is 0 Å². The summed E-state index contributed by atoms with van der Waals surface area (Å²) in [6.07, 6.45) is 1.60. The first-order chi connectivity index (χ1) is 17.5. The van der Waals surface area contributed by atoms with Crippen LogP contribution in [0.15, 0.2) is 84.9 Å². The maximum absolute atomic E-state index is 13.7. The molecule has 4 aromatic rings. The Balaban J connectivity index is 1.39. The van der Waals surface area contributed by atoms with Gasteiger partial charge in [-0.15, -0.1) is 0 Å². The average molecular weight is 478 g/mol. The van der Waals surface area contributed by atoms with Gasteiger partial charge in [-0.05, 0) is 64.6 Å². The molecule has 1 aliphatic carbocycles. The van der Waals surface area contributed by atoms with E-state index in [0.717, 1.165) is 40.8 Å². The van der Waals surface area contributed by atoms with Gasteiger partial charge in [0.2, 0.25) is 5.91 Å². The lowest BCUT2D eigenvalue weighted by Gasteiger charge is -2.23. The monoisotopic (exact) mass is 477 g/mol. The third kappa shape index (κ3) is 4.69. The predicted molar refractivity (Wildman–Crippen MR) is 136 cm³/mol. The molecule has 4 aromatic carbocycles. The molecule has 0 bridgehead atoms. The summed E-state index contributed by atoms with van der Waals surface area (Å²) in [5, 5.41) is 17.2. The largest absolute Gasteiger partial charge is 0.350 e. The molecule has 6 heteroatoms. The first-order valence-corrected chi connectivity index (χ1v) is 11.9. The second-order valence-corrected chi connectivity index (χ2v) is 8.97. The van der Waals surface area contributed by atoms with Crippen molar-refractivity contribution in [2.24, 2.45) is 0 Å². The summed E-state index contributed by atoms with van der Waals surface area (Å²) in [6, 6.07) is 26.8. The number of benzene rings is 4. The Morgan fingerprint density at radius 3 is 2.58 bits per heavy atom. The molecule has 0 saturated heterocycles. The van der Waals surface area contributed by atoms with Gasteiger partial charge in [0, 0.05) is 12.1 Å². The number of aryl methyl sites for hydroxylation is 1. The fourth-order valence-corrected chi connectivity index (χ4v) is 4.83. The summed E-state index contributed by atoms with van der Waals surface area (Å²) < 4.78 is 13.7. The van der Waals surface area contributed by atoms with Crippen LogP contribution in [0.5, 0.6) is 0 Å². The molecule has 0 radical (unpaired) electrons. The summed E-state index contributed by atoms with van der Waals surface area (Å²) in [7, 11) is 0. The Labute approximate surface area is 208 Å². The molecule has 1 unspecified atom stereocenters. The van der Waals surface area contributed by atoms with Crippen molar-refractivity contribution in [3.8, 4) is 6.07 Å². The van der Waals surface area contributed by atoms with Gasteiger partial charge in [0.05, 0.1) is 17.5 Å². The summed E-state index contributed by atoms with van der Waals surface area (Å²) in [5.74, 6) is -1.44. The first kappa shape index (κ1) is 23.3. The van der Waals surface area contributed by atoms with Crippen LogP contribution >= 0.6 is 0 Å². The second-order valence-electron chi connectivity index (χ2n) is 8.97. The molecule has 5 nitrogen and oxygen atoms in total. The standard InChI is InChI=1S/C30H24FN3O2/c31-27-14-12-23(16-24(27)17-32)29(35)33-18-28(22-10-9-19-5-1-2-7-21(19)15-22)34-30(36)26-13-11-20-6-3-4-8-25(20)26/h1-10,12,14-16,26,28H,11,13,18H2,(H,33,35)(H,34,36)/t26-,28?/m1/s1. The van der Waals surface area contributed by atoms with Crippen LogP contribution < -0.4 is 10.6 Å². The first-order valence-electron chi connectivity index (χ1n) is 11.9. The van der Waals surface area contributed by atoms with Gasteiger partial charge in [0.1, 0.15) is 11.9 Å². The van der Waals surface area contributed by atoms with E-state index in [1.807, 2.05) is 60.7 Å². The molecule has 36 heavy (non-hydrogen) atoms. The molecule has 0 aromatic heterocycles. The van der Waals surface area contributed by atoms with Crippen molar-refractivity contribution in [2.75, 3.05) is 6.54 Å². The zero-order chi connectivity index (χ0) is 25.1. The average Bonchev–Trinajstić information content (AvgIpc) is 3.35. The third-order valence-corrected chi connectivity index (χ3v) is 6.76. The molecule has 0 saturated carbocycles. The molecule has 2 amide bonds. The molecule has 178 valence electrons. The van der Waals surface area contributed by atoms with Crippen molar-refractivity contribution in [2.45, 2.75) is 24.8 Å². The number of nitrogens with zero attached hydrogens (tertiary/aromatic N) is 1. The van der Waals surface area contributed by atoms with E-state index in [2.05, 4.69) is 16.7 Å². The summed E-state index contributed by atoms with van der Waals surface area (Å²) in [6.45, 7) is 0.135. The molecule has 1 aliphatic rings. The van der Waals surface area contributed by atoms with Crippen LogP contribution in [0, 0.1) is 17.1 Å². The Morgan fingerprint density at radius 2 is 1.75 bits per heavy atom. The van der Waals surface area contributed by atoms with Gasteiger partial charge in [-0.2, -0.15) is 5.26 Å². The minimum Gasteiger partial charge on any atom is -0.350 e. The van der Waals surface area contributed by atoms with Gasteiger partial charge in [-0.25, -0.2) is 4.39 Å². The van der Waals surface area contributed by atoms with E-state index in [1.165, 1.54) is 17.7 Å². The fraction of sp³-hybridized carbons (Fsp3) is 0.167. The van der Waals surface area contributed by atoms with Gasteiger partial charge in [0.25, 0.3) is 5.91 Å².